The molecule has 8 heteroatoms. The van der Waals surface area contributed by atoms with Crippen molar-refractivity contribution in [3.63, 3.8) is 0 Å². The predicted molar refractivity (Wildman–Crippen MR) is 101 cm³/mol. The van der Waals surface area contributed by atoms with Gasteiger partial charge in [0.2, 0.25) is 0 Å². The number of fused-ring (bicyclic) bond motifs is 1. The number of thioether (sulfide) groups is 1. The number of hydrogen-bond acceptors (Lipinski definition) is 6. The first-order valence-electron chi connectivity index (χ1n) is 8.18. The highest BCUT2D eigenvalue weighted by molar-refractivity contribution is 7.98. The van der Waals surface area contributed by atoms with E-state index in [2.05, 4.69) is 9.97 Å². The molecule has 0 spiro atoms. The zero-order valence-electron chi connectivity index (χ0n) is 14.4. The number of carbonyl (C=O) groups is 2. The van der Waals surface area contributed by atoms with Gasteiger partial charge in [-0.3, -0.25) is 4.79 Å². The van der Waals surface area contributed by atoms with Gasteiger partial charge >= 0.3 is 5.97 Å². The van der Waals surface area contributed by atoms with Gasteiger partial charge in [-0.15, -0.1) is 0 Å². The van der Waals surface area contributed by atoms with Gasteiger partial charge in [-0.1, -0.05) is 41.6 Å². The minimum atomic E-state index is -0.947. The van der Waals surface area contributed by atoms with E-state index in [1.807, 2.05) is 24.3 Å². The molecule has 0 unspecified atom stereocenters. The molecule has 0 fully saturated rings. The molecule has 0 N–H and O–H groups in total. The van der Waals surface area contributed by atoms with Crippen molar-refractivity contribution >= 4 is 40.9 Å². The fourth-order valence-electron chi connectivity index (χ4n) is 2.84. The molecule has 26 heavy (non-hydrogen) atoms. The smallest absolute Gasteiger partial charge is 0.359 e. The highest BCUT2D eigenvalue weighted by Crippen LogP contribution is 2.27. The van der Waals surface area contributed by atoms with Crippen molar-refractivity contribution in [1.29, 1.82) is 0 Å². The molecule has 1 aliphatic rings. The van der Waals surface area contributed by atoms with E-state index in [1.165, 1.54) is 18.0 Å². The number of halogens is 1. The standard InChI is InChI=1S/C18H18ClN3O3S/c1-11(25-17(24)15-13(19)10-20-18(21-15)26-2)16(23)22-9-5-7-12-6-3-4-8-14(12)22/h3-4,6,8,10-11H,5,7,9H2,1-2H3/t11-/m1/s1. The van der Waals surface area contributed by atoms with Crippen LogP contribution in [-0.4, -0.2) is 40.7 Å². The highest BCUT2D eigenvalue weighted by atomic mass is 35.5. The highest BCUT2D eigenvalue weighted by Gasteiger charge is 2.29. The van der Waals surface area contributed by atoms with Crippen LogP contribution in [0.5, 0.6) is 0 Å². The first kappa shape index (κ1) is 18.7. The lowest BCUT2D eigenvalue weighted by molar-refractivity contribution is -0.126. The quantitative estimate of drug-likeness (QED) is 0.452. The molecule has 1 aromatic carbocycles. The third-order valence-corrected chi connectivity index (χ3v) is 4.94. The van der Waals surface area contributed by atoms with Crippen molar-refractivity contribution in [3.05, 3.63) is 46.7 Å². The maximum atomic E-state index is 12.8. The normalized spacial score (nSPS) is 14.5. The van der Waals surface area contributed by atoms with Gasteiger partial charge in [0.05, 0.1) is 11.2 Å². The molecule has 1 aromatic heterocycles. The molecule has 0 saturated heterocycles. The minimum absolute atomic E-state index is 0.0373. The lowest BCUT2D eigenvalue weighted by Gasteiger charge is -2.31. The summed E-state index contributed by atoms with van der Waals surface area (Å²) in [4.78, 5) is 34.9. The van der Waals surface area contributed by atoms with Crippen molar-refractivity contribution in [2.45, 2.75) is 31.0 Å². The van der Waals surface area contributed by atoms with Crippen LogP contribution in [-0.2, 0) is 16.0 Å². The van der Waals surface area contributed by atoms with Crippen LogP contribution in [0, 0.1) is 0 Å². The molecule has 1 aliphatic heterocycles. The van der Waals surface area contributed by atoms with Crippen LogP contribution in [0.25, 0.3) is 0 Å². The average molecular weight is 392 g/mol. The molecule has 0 aliphatic carbocycles. The topological polar surface area (TPSA) is 72.4 Å². The number of nitrogens with zero attached hydrogens (tertiary/aromatic N) is 3. The van der Waals surface area contributed by atoms with Crippen LogP contribution < -0.4 is 4.90 Å². The van der Waals surface area contributed by atoms with Crippen molar-refractivity contribution in [2.24, 2.45) is 0 Å². The fraction of sp³-hybridized carbons (Fsp3) is 0.333. The number of benzene rings is 1. The van der Waals surface area contributed by atoms with Crippen LogP contribution in [0.3, 0.4) is 0 Å². The zero-order chi connectivity index (χ0) is 18.7. The Morgan fingerprint density at radius 1 is 1.35 bits per heavy atom. The second kappa shape index (κ2) is 8.05. The van der Waals surface area contributed by atoms with E-state index >= 15 is 0 Å². The number of amides is 1. The van der Waals surface area contributed by atoms with Gasteiger partial charge in [-0.05, 0) is 37.7 Å². The summed E-state index contributed by atoms with van der Waals surface area (Å²) in [6.45, 7) is 2.16. The Kier molecular flexibility index (Phi) is 5.78. The van der Waals surface area contributed by atoms with Crippen LogP contribution in [0.1, 0.15) is 29.4 Å². The van der Waals surface area contributed by atoms with E-state index in [0.717, 1.165) is 24.1 Å². The largest absolute Gasteiger partial charge is 0.448 e. The molecule has 2 aromatic rings. The van der Waals surface area contributed by atoms with Gasteiger partial charge in [0.1, 0.15) is 0 Å². The average Bonchev–Trinajstić information content (AvgIpc) is 2.67. The maximum Gasteiger partial charge on any atom is 0.359 e. The van der Waals surface area contributed by atoms with Gasteiger partial charge in [-0.2, -0.15) is 0 Å². The number of anilines is 1. The molecule has 1 amide bonds. The monoisotopic (exact) mass is 391 g/mol. The van der Waals surface area contributed by atoms with Gasteiger partial charge in [0.25, 0.3) is 5.91 Å². The number of ether oxygens (including phenoxy) is 1. The molecule has 3 rings (SSSR count). The first-order chi connectivity index (χ1) is 12.5. The van der Waals surface area contributed by atoms with Crippen molar-refractivity contribution in [3.8, 4) is 0 Å². The minimum Gasteiger partial charge on any atom is -0.448 e. The van der Waals surface area contributed by atoms with E-state index in [0.29, 0.717) is 11.7 Å². The Labute approximate surface area is 160 Å². The Hall–Kier alpha value is -2.12. The lowest BCUT2D eigenvalue weighted by Crippen LogP contribution is -2.42. The molecular weight excluding hydrogens is 374 g/mol. The molecule has 2 heterocycles. The van der Waals surface area contributed by atoms with E-state index in [1.54, 1.807) is 18.1 Å². The first-order valence-corrected chi connectivity index (χ1v) is 9.78. The third kappa shape index (κ3) is 3.83. The molecule has 0 saturated carbocycles. The summed E-state index contributed by atoms with van der Waals surface area (Å²) in [6.07, 6.45) is 4.00. The zero-order valence-corrected chi connectivity index (χ0v) is 16.0. The summed E-state index contributed by atoms with van der Waals surface area (Å²) in [5.74, 6) is -1.00. The number of aromatic nitrogens is 2. The van der Waals surface area contributed by atoms with E-state index < -0.39 is 12.1 Å². The SMILES string of the molecule is CSc1ncc(Cl)c(C(=O)O[C@H](C)C(=O)N2CCCc3ccccc32)n1. The number of para-hydroxylation sites is 1. The Balaban J connectivity index is 1.75. The number of esters is 1. The number of carbonyl (C=O) groups excluding carboxylic acids is 2. The number of aryl methyl sites for hydroxylation is 1. The van der Waals surface area contributed by atoms with Crippen LogP contribution in [0.4, 0.5) is 5.69 Å². The molecule has 0 radical (unpaired) electrons. The fourth-order valence-corrected chi connectivity index (χ4v) is 3.35. The Morgan fingerprint density at radius 2 is 2.12 bits per heavy atom. The molecule has 0 bridgehead atoms. The molecular formula is C18H18ClN3O3S. The van der Waals surface area contributed by atoms with Crippen LogP contribution in [0.2, 0.25) is 5.02 Å². The Bertz CT molecular complexity index is 846. The number of hydrogen-bond donors (Lipinski definition) is 0. The third-order valence-electron chi connectivity index (χ3n) is 4.11. The van der Waals surface area contributed by atoms with Crippen LogP contribution >= 0.6 is 23.4 Å². The van der Waals surface area contributed by atoms with Gasteiger partial charge in [0.15, 0.2) is 17.0 Å². The predicted octanol–water partition coefficient (Wildman–Crippen LogP) is 3.38. The summed E-state index contributed by atoms with van der Waals surface area (Å²) >= 11 is 7.28. The summed E-state index contributed by atoms with van der Waals surface area (Å²) < 4.78 is 5.33. The van der Waals surface area contributed by atoms with Crippen molar-refractivity contribution in [2.75, 3.05) is 17.7 Å². The molecule has 1 atom stereocenters. The molecule has 6 nitrogen and oxygen atoms in total. The van der Waals surface area contributed by atoms with Gasteiger partial charge < -0.3 is 9.64 Å². The van der Waals surface area contributed by atoms with Crippen molar-refractivity contribution in [1.82, 2.24) is 9.97 Å². The van der Waals surface area contributed by atoms with E-state index in [4.69, 9.17) is 16.3 Å². The summed E-state index contributed by atoms with van der Waals surface area (Å²) in [5.41, 5.74) is 1.95. The second-order valence-corrected chi connectivity index (χ2v) is 7.00. The van der Waals surface area contributed by atoms with Crippen LogP contribution in [0.15, 0.2) is 35.6 Å². The Morgan fingerprint density at radius 3 is 2.88 bits per heavy atom. The van der Waals surface area contributed by atoms with Crippen molar-refractivity contribution < 1.29 is 14.3 Å². The molecule has 136 valence electrons. The summed E-state index contributed by atoms with van der Waals surface area (Å²) in [6, 6.07) is 7.77. The van der Waals surface area contributed by atoms with Gasteiger partial charge in [-0.25, -0.2) is 14.8 Å². The van der Waals surface area contributed by atoms with E-state index in [-0.39, 0.29) is 16.6 Å². The maximum absolute atomic E-state index is 12.8. The summed E-state index contributed by atoms with van der Waals surface area (Å²) in [7, 11) is 0. The summed E-state index contributed by atoms with van der Waals surface area (Å²) in [5, 5.41) is 0.501. The lowest BCUT2D eigenvalue weighted by atomic mass is 10.0. The van der Waals surface area contributed by atoms with E-state index in [9.17, 15) is 9.59 Å². The number of rotatable bonds is 4. The van der Waals surface area contributed by atoms with Gasteiger partial charge in [0, 0.05) is 12.2 Å². The second-order valence-electron chi connectivity index (χ2n) is 5.82.